The van der Waals surface area contributed by atoms with Crippen molar-refractivity contribution >= 4 is 55.4 Å². The molecule has 5 aromatic rings. The zero-order valence-corrected chi connectivity index (χ0v) is 23.0. The predicted octanol–water partition coefficient (Wildman–Crippen LogP) is 2.91. The van der Waals surface area contributed by atoms with Crippen molar-refractivity contribution in [2.75, 3.05) is 20.8 Å². The largest absolute Gasteiger partial charge is 0.394 e. The van der Waals surface area contributed by atoms with Crippen LogP contribution in [0.3, 0.4) is 0 Å². The first-order valence-corrected chi connectivity index (χ1v) is 13.9. The second kappa shape index (κ2) is 8.29. The summed E-state index contributed by atoms with van der Waals surface area (Å²) in [5.74, 6) is -0.433. The number of methoxy groups -OCH3 is 1. The SMILES string of the molecule is CO[C@@H]1[C@H](N(C)C(=O)[C@@H](N)CO)C[C@H]2O[C@]1(C)n1c3ccccc3c3c4c(c5c6ccccc6n2c5c31)C(=O)NC4. The van der Waals surface area contributed by atoms with Crippen molar-refractivity contribution in [3.05, 3.63) is 59.7 Å². The fourth-order valence-corrected chi connectivity index (χ4v) is 7.90. The molecule has 10 nitrogen and oxygen atoms in total. The number of nitrogens with zero attached hydrogens (tertiary/aromatic N) is 3. The Morgan fingerprint density at radius 3 is 2.56 bits per heavy atom. The van der Waals surface area contributed by atoms with Gasteiger partial charge in [0, 0.05) is 48.7 Å². The van der Waals surface area contributed by atoms with Crippen molar-refractivity contribution in [2.24, 2.45) is 5.73 Å². The van der Waals surface area contributed by atoms with Gasteiger partial charge in [-0.25, -0.2) is 0 Å². The summed E-state index contributed by atoms with van der Waals surface area (Å²) in [4.78, 5) is 28.4. The predicted molar refractivity (Wildman–Crippen MR) is 154 cm³/mol. The lowest BCUT2D eigenvalue weighted by Crippen LogP contribution is -2.63. The standard InChI is InChI=1S/C31H31N5O5/c1-31-28(40-3)21(34(2)30(39)18(32)14-37)12-22(41-31)35-19-10-6-4-8-15(19)24-25-17(13-33-29(25)38)23-16-9-5-7-11-20(16)36(31)27(23)26(24)35/h4-11,18,21-22,28,37H,12-14,32H2,1-3H3,(H,33,38)/t18-,21+,22+,28+,31-/m0/s1. The summed E-state index contributed by atoms with van der Waals surface area (Å²) >= 11 is 0. The molecule has 5 atom stereocenters. The van der Waals surface area contributed by atoms with Gasteiger partial charge in [0.1, 0.15) is 18.4 Å². The second-order valence-electron chi connectivity index (χ2n) is 11.5. The van der Waals surface area contributed by atoms with Crippen LogP contribution >= 0.6 is 0 Å². The van der Waals surface area contributed by atoms with E-state index in [1.54, 1.807) is 19.1 Å². The second-order valence-corrected chi connectivity index (χ2v) is 11.5. The van der Waals surface area contributed by atoms with Gasteiger partial charge in [0.2, 0.25) is 5.91 Å². The van der Waals surface area contributed by atoms with Gasteiger partial charge in [0.15, 0.2) is 5.72 Å². The van der Waals surface area contributed by atoms with Gasteiger partial charge < -0.3 is 39.7 Å². The van der Waals surface area contributed by atoms with Gasteiger partial charge in [-0.15, -0.1) is 0 Å². The third kappa shape index (κ3) is 2.90. The summed E-state index contributed by atoms with van der Waals surface area (Å²) in [6, 6.07) is 14.8. The molecule has 2 amide bonds. The van der Waals surface area contributed by atoms with E-state index >= 15 is 0 Å². The third-order valence-corrected chi connectivity index (χ3v) is 9.56. The molecule has 0 unspecified atom stereocenters. The van der Waals surface area contributed by atoms with Crippen LogP contribution in [0.4, 0.5) is 0 Å². The molecular weight excluding hydrogens is 522 g/mol. The molecule has 0 saturated carbocycles. The van der Waals surface area contributed by atoms with E-state index < -0.39 is 36.7 Å². The maximum atomic E-state index is 13.5. The first-order chi connectivity index (χ1) is 19.8. The number of benzene rings is 3. The maximum absolute atomic E-state index is 13.5. The fraction of sp³-hybridized carbons (Fsp3) is 0.355. The molecule has 1 fully saturated rings. The number of hydrogen-bond donors (Lipinski definition) is 3. The highest BCUT2D eigenvalue weighted by atomic mass is 16.6. The average molecular weight is 554 g/mol. The molecule has 3 aliphatic heterocycles. The average Bonchev–Trinajstić information content (AvgIpc) is 3.63. The Balaban J connectivity index is 1.56. The first-order valence-electron chi connectivity index (χ1n) is 13.9. The van der Waals surface area contributed by atoms with E-state index in [0.29, 0.717) is 18.5 Å². The van der Waals surface area contributed by atoms with Crippen LogP contribution in [0.2, 0.25) is 0 Å². The number of nitrogens with one attached hydrogen (secondary N) is 1. The molecule has 5 heterocycles. The van der Waals surface area contributed by atoms with Crippen LogP contribution in [-0.2, 0) is 26.5 Å². The first kappa shape index (κ1) is 24.8. The van der Waals surface area contributed by atoms with Crippen molar-refractivity contribution in [3.8, 4) is 0 Å². The summed E-state index contributed by atoms with van der Waals surface area (Å²) in [5.41, 5.74) is 10.5. The summed E-state index contributed by atoms with van der Waals surface area (Å²) in [6.45, 7) is 2.02. The number of aromatic nitrogens is 2. The molecule has 1 saturated heterocycles. The van der Waals surface area contributed by atoms with Crippen LogP contribution in [0, 0.1) is 0 Å². The number of para-hydroxylation sites is 2. The monoisotopic (exact) mass is 553 g/mol. The lowest BCUT2D eigenvalue weighted by molar-refractivity contribution is -0.266. The highest BCUT2D eigenvalue weighted by Gasteiger charge is 2.55. The van der Waals surface area contributed by atoms with E-state index in [9.17, 15) is 14.7 Å². The third-order valence-electron chi connectivity index (χ3n) is 9.56. The minimum atomic E-state index is -1.04. The summed E-state index contributed by atoms with van der Waals surface area (Å²) < 4.78 is 17.8. The van der Waals surface area contributed by atoms with Crippen molar-refractivity contribution in [1.82, 2.24) is 19.4 Å². The zero-order chi connectivity index (χ0) is 28.4. The molecule has 3 aliphatic rings. The molecule has 41 heavy (non-hydrogen) atoms. The lowest BCUT2D eigenvalue weighted by Gasteiger charge is -2.50. The smallest absolute Gasteiger partial charge is 0.252 e. The molecule has 4 N–H and O–H groups in total. The molecule has 210 valence electrons. The molecule has 8 rings (SSSR count). The van der Waals surface area contributed by atoms with Crippen LogP contribution in [0.5, 0.6) is 0 Å². The van der Waals surface area contributed by atoms with Crippen LogP contribution in [0.15, 0.2) is 48.5 Å². The van der Waals surface area contributed by atoms with Gasteiger partial charge in [-0.3, -0.25) is 9.59 Å². The minimum absolute atomic E-state index is 0.0723. The van der Waals surface area contributed by atoms with E-state index in [1.165, 1.54) is 0 Å². The number of hydrogen-bond acceptors (Lipinski definition) is 6. The quantitative estimate of drug-likeness (QED) is 0.315. The Labute approximate surface area is 235 Å². The van der Waals surface area contributed by atoms with Crippen molar-refractivity contribution in [1.29, 1.82) is 0 Å². The topological polar surface area (TPSA) is 124 Å². The highest BCUT2D eigenvalue weighted by molar-refractivity contribution is 6.31. The molecule has 3 aromatic carbocycles. The number of fused-ring (bicyclic) bond motifs is 13. The molecule has 2 aromatic heterocycles. The molecule has 10 heteroatoms. The van der Waals surface area contributed by atoms with Gasteiger partial charge in [-0.2, -0.15) is 0 Å². The zero-order valence-electron chi connectivity index (χ0n) is 23.0. The molecule has 0 spiro atoms. The molecule has 0 radical (unpaired) electrons. The van der Waals surface area contributed by atoms with Crippen LogP contribution in [0.25, 0.3) is 43.6 Å². The van der Waals surface area contributed by atoms with Crippen molar-refractivity contribution in [2.45, 2.75) is 50.0 Å². The summed E-state index contributed by atoms with van der Waals surface area (Å²) in [5, 5.41) is 16.7. The summed E-state index contributed by atoms with van der Waals surface area (Å²) in [7, 11) is 3.36. The number of carbonyl (C=O) groups is 2. The summed E-state index contributed by atoms with van der Waals surface area (Å²) in [6.07, 6.45) is -0.629. The van der Waals surface area contributed by atoms with Crippen LogP contribution in [0.1, 0.15) is 35.5 Å². The van der Waals surface area contributed by atoms with E-state index in [-0.39, 0.29) is 11.8 Å². The minimum Gasteiger partial charge on any atom is -0.394 e. The number of carbonyl (C=O) groups excluding carboxylic acids is 2. The fourth-order valence-electron chi connectivity index (χ4n) is 7.90. The van der Waals surface area contributed by atoms with Crippen LogP contribution in [-0.4, -0.2) is 69.9 Å². The molecule has 0 aliphatic carbocycles. The van der Waals surface area contributed by atoms with Gasteiger partial charge in [0.25, 0.3) is 5.91 Å². The Hall–Kier alpha value is -3.96. The number of amides is 2. The number of likely N-dealkylation sites (N-methyl/N-ethyl adjacent to an activating group) is 1. The van der Waals surface area contributed by atoms with Crippen LogP contribution < -0.4 is 11.1 Å². The maximum Gasteiger partial charge on any atom is 0.252 e. The van der Waals surface area contributed by atoms with Gasteiger partial charge in [-0.1, -0.05) is 36.4 Å². The number of aliphatic hydroxyl groups is 1. The normalized spacial score (nSPS) is 25.7. The van der Waals surface area contributed by atoms with E-state index in [2.05, 4.69) is 38.7 Å². The lowest BCUT2D eigenvalue weighted by atomic mass is 9.91. The number of nitrogens with two attached hydrogens (primary N) is 1. The van der Waals surface area contributed by atoms with Crippen molar-refractivity contribution < 1.29 is 24.2 Å². The number of rotatable bonds is 4. The van der Waals surface area contributed by atoms with Gasteiger partial charge in [0.05, 0.1) is 40.3 Å². The van der Waals surface area contributed by atoms with Gasteiger partial charge in [-0.05, 0) is 24.6 Å². The van der Waals surface area contributed by atoms with E-state index in [4.69, 9.17) is 15.2 Å². The van der Waals surface area contributed by atoms with E-state index in [1.807, 2.05) is 31.2 Å². The molecular formula is C31H31N5O5. The number of aliphatic hydroxyl groups excluding tert-OH is 1. The van der Waals surface area contributed by atoms with Crippen molar-refractivity contribution in [3.63, 3.8) is 0 Å². The Morgan fingerprint density at radius 2 is 1.85 bits per heavy atom. The van der Waals surface area contributed by atoms with E-state index in [0.717, 1.165) is 49.2 Å². The Morgan fingerprint density at radius 1 is 1.17 bits per heavy atom. The number of ether oxygens (including phenoxy) is 2. The van der Waals surface area contributed by atoms with Gasteiger partial charge >= 0.3 is 0 Å². The molecule has 2 bridgehead atoms. The Bertz CT molecular complexity index is 1960. The highest BCUT2D eigenvalue weighted by Crippen LogP contribution is 2.54. The Kier molecular flexibility index (Phi) is 5.02.